The van der Waals surface area contributed by atoms with E-state index in [-0.39, 0.29) is 11.9 Å². The van der Waals surface area contributed by atoms with Crippen molar-refractivity contribution >= 4 is 5.69 Å². The highest BCUT2D eigenvalue weighted by atomic mass is 19.1. The van der Waals surface area contributed by atoms with Gasteiger partial charge in [-0.1, -0.05) is 19.1 Å². The molecule has 1 rings (SSSR count). The second-order valence-corrected chi connectivity index (χ2v) is 3.97. The fraction of sp³-hybridized carbons (Fsp3) is 0.538. The quantitative estimate of drug-likeness (QED) is 0.827. The van der Waals surface area contributed by atoms with Crippen LogP contribution in [-0.4, -0.2) is 20.1 Å². The average Bonchev–Trinajstić information content (AvgIpc) is 2.28. The number of anilines is 1. The maximum Gasteiger partial charge on any atom is 0.146 e. The van der Waals surface area contributed by atoms with Crippen LogP contribution in [0.3, 0.4) is 0 Å². The minimum Gasteiger partial charge on any atom is -0.372 e. The minimum atomic E-state index is -0.147. The summed E-state index contributed by atoms with van der Waals surface area (Å²) < 4.78 is 13.8. The lowest BCUT2D eigenvalue weighted by molar-refractivity contribution is 0.580. The van der Waals surface area contributed by atoms with Crippen LogP contribution in [-0.2, 0) is 0 Å². The van der Waals surface area contributed by atoms with E-state index >= 15 is 0 Å². The van der Waals surface area contributed by atoms with E-state index in [9.17, 15) is 4.39 Å². The molecule has 1 aromatic rings. The van der Waals surface area contributed by atoms with Gasteiger partial charge in [0.2, 0.25) is 0 Å². The first kappa shape index (κ1) is 13.0. The Balaban J connectivity index is 3.12. The molecule has 2 nitrogen and oxygen atoms in total. The Hall–Kier alpha value is -1.09. The average molecular weight is 224 g/mol. The van der Waals surface area contributed by atoms with Crippen LogP contribution in [0.15, 0.2) is 18.2 Å². The molecule has 0 spiro atoms. The number of nitrogens with zero attached hydrogens (tertiary/aromatic N) is 1. The molecule has 3 heteroatoms. The number of halogens is 1. The Labute approximate surface area is 97.5 Å². The van der Waals surface area contributed by atoms with Gasteiger partial charge in [0.15, 0.2) is 0 Å². The molecule has 1 unspecified atom stereocenters. The van der Waals surface area contributed by atoms with Crippen LogP contribution in [0.4, 0.5) is 10.1 Å². The highest BCUT2D eigenvalue weighted by molar-refractivity contribution is 5.55. The van der Waals surface area contributed by atoms with E-state index in [2.05, 4.69) is 19.2 Å². The fourth-order valence-electron chi connectivity index (χ4n) is 1.86. The Morgan fingerprint density at radius 1 is 1.38 bits per heavy atom. The number of nitrogens with one attached hydrogen (secondary N) is 1. The van der Waals surface area contributed by atoms with Crippen LogP contribution in [0.2, 0.25) is 0 Å². The minimum absolute atomic E-state index is 0.147. The molecule has 0 aliphatic rings. The van der Waals surface area contributed by atoms with Crippen LogP contribution >= 0.6 is 0 Å². The molecule has 0 bridgehead atoms. The van der Waals surface area contributed by atoms with Crippen molar-refractivity contribution in [2.45, 2.75) is 26.8 Å². The second kappa shape index (κ2) is 5.85. The van der Waals surface area contributed by atoms with Crippen LogP contribution in [0.25, 0.3) is 0 Å². The molecule has 0 saturated carbocycles. The number of rotatable bonds is 5. The van der Waals surface area contributed by atoms with Gasteiger partial charge in [-0.25, -0.2) is 4.39 Å². The van der Waals surface area contributed by atoms with E-state index in [0.717, 1.165) is 18.7 Å². The highest BCUT2D eigenvalue weighted by Crippen LogP contribution is 2.28. The van der Waals surface area contributed by atoms with Crippen molar-refractivity contribution in [3.8, 4) is 0 Å². The van der Waals surface area contributed by atoms with Crippen molar-refractivity contribution < 1.29 is 4.39 Å². The van der Waals surface area contributed by atoms with Gasteiger partial charge in [-0.15, -0.1) is 0 Å². The lowest BCUT2D eigenvalue weighted by Crippen LogP contribution is -2.24. The summed E-state index contributed by atoms with van der Waals surface area (Å²) in [4.78, 5) is 1.94. The van der Waals surface area contributed by atoms with Gasteiger partial charge in [0, 0.05) is 19.6 Å². The molecular formula is C13H21FN2. The van der Waals surface area contributed by atoms with E-state index in [1.165, 1.54) is 6.07 Å². The Kier molecular flexibility index (Phi) is 4.74. The molecule has 1 atom stereocenters. The summed E-state index contributed by atoms with van der Waals surface area (Å²) in [5.41, 5.74) is 1.73. The van der Waals surface area contributed by atoms with Crippen LogP contribution in [0, 0.1) is 5.82 Å². The molecule has 0 fully saturated rings. The van der Waals surface area contributed by atoms with Crippen molar-refractivity contribution in [1.82, 2.24) is 5.32 Å². The molecule has 0 amide bonds. The Morgan fingerprint density at radius 2 is 2.06 bits per heavy atom. The number of para-hydroxylation sites is 1. The van der Waals surface area contributed by atoms with Gasteiger partial charge in [-0.3, -0.25) is 0 Å². The highest BCUT2D eigenvalue weighted by Gasteiger charge is 2.15. The summed E-state index contributed by atoms with van der Waals surface area (Å²) in [7, 11) is 1.92. The summed E-state index contributed by atoms with van der Waals surface area (Å²) in [5, 5.41) is 3.32. The third kappa shape index (κ3) is 2.73. The van der Waals surface area contributed by atoms with Crippen molar-refractivity contribution in [2.75, 3.05) is 25.0 Å². The zero-order valence-corrected chi connectivity index (χ0v) is 10.5. The summed E-state index contributed by atoms with van der Waals surface area (Å²) in [5.74, 6) is -0.147. The molecule has 0 aromatic heterocycles. The largest absolute Gasteiger partial charge is 0.372 e. The van der Waals surface area contributed by atoms with Crippen LogP contribution in [0.5, 0.6) is 0 Å². The first-order valence-corrected chi connectivity index (χ1v) is 5.84. The van der Waals surface area contributed by atoms with Gasteiger partial charge >= 0.3 is 0 Å². The molecule has 0 aliphatic carbocycles. The van der Waals surface area contributed by atoms with Gasteiger partial charge in [-0.05, 0) is 32.0 Å². The molecular weight excluding hydrogens is 203 g/mol. The molecule has 90 valence electrons. The summed E-state index contributed by atoms with van der Waals surface area (Å²) in [6, 6.07) is 5.44. The molecule has 0 heterocycles. The second-order valence-electron chi connectivity index (χ2n) is 3.97. The summed E-state index contributed by atoms with van der Waals surface area (Å²) >= 11 is 0. The number of benzene rings is 1. The van der Waals surface area contributed by atoms with E-state index < -0.39 is 0 Å². The lowest BCUT2D eigenvalue weighted by Gasteiger charge is -2.24. The van der Waals surface area contributed by atoms with Gasteiger partial charge in [0.05, 0.1) is 5.69 Å². The van der Waals surface area contributed by atoms with Crippen LogP contribution in [0.1, 0.15) is 32.4 Å². The van der Waals surface area contributed by atoms with Gasteiger partial charge in [0.1, 0.15) is 5.82 Å². The van der Waals surface area contributed by atoms with E-state index in [0.29, 0.717) is 5.69 Å². The normalized spacial score (nSPS) is 12.6. The molecule has 0 aliphatic heterocycles. The maximum atomic E-state index is 13.8. The third-order valence-electron chi connectivity index (χ3n) is 2.85. The monoisotopic (exact) mass is 224 g/mol. The number of hydrogen-bond donors (Lipinski definition) is 1. The smallest absolute Gasteiger partial charge is 0.146 e. The summed E-state index contributed by atoms with van der Waals surface area (Å²) in [6.45, 7) is 7.82. The predicted octanol–water partition coefficient (Wildman–Crippen LogP) is 2.95. The molecule has 1 aromatic carbocycles. The maximum absolute atomic E-state index is 13.8. The standard InChI is InChI=1S/C13H21FN2/c1-5-15-10(3)11-8-7-9-12(14)13(11)16(4)6-2/h7-10,15H,5-6H2,1-4H3. The molecule has 1 N–H and O–H groups in total. The lowest BCUT2D eigenvalue weighted by atomic mass is 10.0. The Morgan fingerprint density at radius 3 is 2.62 bits per heavy atom. The zero-order chi connectivity index (χ0) is 12.1. The van der Waals surface area contributed by atoms with Crippen molar-refractivity contribution in [1.29, 1.82) is 0 Å². The van der Waals surface area contributed by atoms with E-state index in [4.69, 9.17) is 0 Å². The molecule has 0 radical (unpaired) electrons. The topological polar surface area (TPSA) is 15.3 Å². The van der Waals surface area contributed by atoms with Gasteiger partial charge in [0.25, 0.3) is 0 Å². The van der Waals surface area contributed by atoms with E-state index in [1.54, 1.807) is 6.07 Å². The van der Waals surface area contributed by atoms with Crippen LogP contribution < -0.4 is 10.2 Å². The van der Waals surface area contributed by atoms with Gasteiger partial charge in [-0.2, -0.15) is 0 Å². The Bertz CT molecular complexity index is 339. The third-order valence-corrected chi connectivity index (χ3v) is 2.85. The van der Waals surface area contributed by atoms with E-state index in [1.807, 2.05) is 24.9 Å². The van der Waals surface area contributed by atoms with Crippen molar-refractivity contribution in [3.05, 3.63) is 29.6 Å². The van der Waals surface area contributed by atoms with Crippen molar-refractivity contribution in [2.24, 2.45) is 0 Å². The zero-order valence-electron chi connectivity index (χ0n) is 10.5. The van der Waals surface area contributed by atoms with Crippen molar-refractivity contribution in [3.63, 3.8) is 0 Å². The predicted molar refractivity (Wildman–Crippen MR) is 67.4 cm³/mol. The molecule has 0 saturated heterocycles. The first-order valence-electron chi connectivity index (χ1n) is 5.84. The summed E-state index contributed by atoms with van der Waals surface area (Å²) in [6.07, 6.45) is 0. The number of hydrogen-bond acceptors (Lipinski definition) is 2. The molecule has 16 heavy (non-hydrogen) atoms. The first-order chi connectivity index (χ1) is 7.61. The van der Waals surface area contributed by atoms with Gasteiger partial charge < -0.3 is 10.2 Å². The SMILES string of the molecule is CCNC(C)c1cccc(F)c1N(C)CC. The fourth-order valence-corrected chi connectivity index (χ4v) is 1.86.